The summed E-state index contributed by atoms with van der Waals surface area (Å²) >= 11 is 0. The minimum atomic E-state index is -0.487. The summed E-state index contributed by atoms with van der Waals surface area (Å²) in [7, 11) is -0.518. The van der Waals surface area contributed by atoms with Gasteiger partial charge in [0.1, 0.15) is 33.3 Å². The zero-order valence-electron chi connectivity index (χ0n) is 31.6. The van der Waals surface area contributed by atoms with Crippen LogP contribution < -0.4 is 18.9 Å². The number of rotatable bonds is 8. The van der Waals surface area contributed by atoms with E-state index in [0.717, 1.165) is 50.5 Å². The van der Waals surface area contributed by atoms with Gasteiger partial charge in [0, 0.05) is 0 Å². The van der Waals surface area contributed by atoms with Crippen LogP contribution >= 0.6 is 0 Å². The fourth-order valence-electron chi connectivity index (χ4n) is 5.85. The summed E-state index contributed by atoms with van der Waals surface area (Å²) in [5.41, 5.74) is -0.487. The molecule has 6 aromatic carbocycles. The third kappa shape index (κ3) is 8.16. The van der Waals surface area contributed by atoms with Crippen molar-refractivity contribution in [3.63, 3.8) is 0 Å². The van der Waals surface area contributed by atoms with Crippen LogP contribution in [0.5, 0.6) is 34.5 Å². The number of para-hydroxylation sites is 4. The number of fused-ring (bicyclic) bond motifs is 4. The summed E-state index contributed by atoms with van der Waals surface area (Å²) in [5.74, 6) is 4.26. The largest absolute Gasteiger partial charge is 0.447 e. The van der Waals surface area contributed by atoms with Crippen LogP contribution in [0, 0.1) is 11.3 Å². The lowest BCUT2D eigenvalue weighted by Crippen LogP contribution is -2.28. The normalized spacial score (nSPS) is 13.5. The molecule has 0 saturated carbocycles. The summed E-state index contributed by atoms with van der Waals surface area (Å²) in [6, 6.07) is 48.3. The van der Waals surface area contributed by atoms with E-state index in [-0.39, 0.29) is 39.6 Å². The van der Waals surface area contributed by atoms with E-state index in [9.17, 15) is 9.59 Å². The van der Waals surface area contributed by atoms with Crippen molar-refractivity contribution in [1.82, 2.24) is 0 Å². The van der Waals surface area contributed by atoms with Gasteiger partial charge in [-0.1, -0.05) is 69.3 Å². The summed E-state index contributed by atoms with van der Waals surface area (Å²) in [6.07, 6.45) is 1.51. The monoisotopic (exact) mass is 768 g/mol. The van der Waals surface area contributed by atoms with Crippen LogP contribution in [-0.2, 0) is 31.4 Å². The van der Waals surface area contributed by atoms with Gasteiger partial charge >= 0.3 is 11.9 Å². The molecule has 1 atom stereocenters. The fourth-order valence-corrected chi connectivity index (χ4v) is 10.3. The molecule has 55 heavy (non-hydrogen) atoms. The lowest BCUT2D eigenvalue weighted by Gasteiger charge is -2.21. The zero-order chi connectivity index (χ0) is 38.5. The predicted molar refractivity (Wildman–Crippen MR) is 218 cm³/mol. The lowest BCUT2D eigenvalue weighted by molar-refractivity contribution is -0.144. The highest BCUT2D eigenvalue weighted by atomic mass is 32.2. The molecule has 0 radical (unpaired) electrons. The second-order valence-electron chi connectivity index (χ2n) is 13.9. The number of hydrogen-bond acceptors (Lipinski definition) is 6. The average molecular weight is 769 g/mol. The number of esters is 2. The molecule has 8 heteroatoms. The maximum atomic E-state index is 12.3. The van der Waals surface area contributed by atoms with E-state index in [1.54, 1.807) is 0 Å². The smallest absolute Gasteiger partial charge is 0.316 e. The van der Waals surface area contributed by atoms with Crippen LogP contribution in [0.2, 0.25) is 0 Å². The van der Waals surface area contributed by atoms with Gasteiger partial charge in [0.15, 0.2) is 32.8 Å². The van der Waals surface area contributed by atoms with Crippen molar-refractivity contribution in [3.8, 4) is 34.5 Å². The Balaban J connectivity index is 0.000000169. The quantitative estimate of drug-likeness (QED) is 0.0871. The summed E-state index contributed by atoms with van der Waals surface area (Å²) in [6.45, 7) is 9.66. The van der Waals surface area contributed by atoms with Crippen molar-refractivity contribution in [2.75, 3.05) is 0 Å². The Labute approximate surface area is 329 Å². The van der Waals surface area contributed by atoms with Crippen LogP contribution in [0.4, 0.5) is 0 Å². The third-order valence-electron chi connectivity index (χ3n) is 9.72. The van der Waals surface area contributed by atoms with Crippen LogP contribution in [0.1, 0.15) is 47.5 Å². The Hall–Kier alpha value is -5.44. The summed E-state index contributed by atoms with van der Waals surface area (Å²) in [5, 5.41) is 0. The number of benzene rings is 6. The molecule has 8 rings (SSSR count). The Morgan fingerprint density at radius 2 is 0.891 bits per heavy atom. The van der Waals surface area contributed by atoms with E-state index in [0.29, 0.717) is 11.5 Å². The minimum absolute atomic E-state index is 0.0965. The molecule has 0 aromatic heterocycles. The number of ether oxygens (including phenoxy) is 4. The highest BCUT2D eigenvalue weighted by Gasteiger charge is 2.40. The first-order valence-corrected chi connectivity index (χ1v) is 21.0. The fraction of sp³-hybridized carbons (Fsp3) is 0.191. The van der Waals surface area contributed by atoms with Crippen molar-refractivity contribution in [2.45, 2.75) is 76.8 Å². The molecule has 0 bridgehead atoms. The van der Waals surface area contributed by atoms with Gasteiger partial charge in [-0.25, -0.2) is 0 Å². The van der Waals surface area contributed by atoms with Crippen LogP contribution in [0.15, 0.2) is 175 Å². The standard InChI is InChI=1S/C24H23O3S.C23H21O3S/c1-4-24(2,3)23(25)26-17-13-15-18(16-14-17)28-21-11-7-5-9-19(21)27-20-10-6-8-12-22(20)28;1-3-16(2)23(24)25-17-12-14-18(15-13-17)27-21-10-6-4-8-19(21)26-20-9-5-7-11-22(20)27/h5-16H,4H2,1-3H3;4-16H,3H2,1-2H3/q2*+1. The predicted octanol–water partition coefficient (Wildman–Crippen LogP) is 12.1. The van der Waals surface area contributed by atoms with Crippen molar-refractivity contribution in [3.05, 3.63) is 146 Å². The Morgan fingerprint density at radius 1 is 0.545 bits per heavy atom. The summed E-state index contributed by atoms with van der Waals surface area (Å²) in [4.78, 5) is 31.4. The second kappa shape index (κ2) is 16.5. The SMILES string of the molecule is CCC(C)(C)C(=O)Oc1ccc([S+]2c3ccccc3Oc3ccccc32)cc1.CCC(C)C(=O)Oc1ccc([S+]2c3ccccc3Oc3ccccc32)cc1. The van der Waals surface area contributed by atoms with E-state index in [4.69, 9.17) is 18.9 Å². The van der Waals surface area contributed by atoms with Crippen LogP contribution in [0.3, 0.4) is 0 Å². The maximum absolute atomic E-state index is 12.3. The van der Waals surface area contributed by atoms with E-state index in [1.807, 2.05) is 156 Å². The van der Waals surface area contributed by atoms with Gasteiger partial charge in [0.2, 0.25) is 19.6 Å². The molecule has 2 aliphatic rings. The van der Waals surface area contributed by atoms with Crippen molar-refractivity contribution in [1.29, 1.82) is 0 Å². The second-order valence-corrected chi connectivity index (χ2v) is 17.8. The number of hydrogen-bond donors (Lipinski definition) is 0. The van der Waals surface area contributed by atoms with Crippen LogP contribution in [0.25, 0.3) is 0 Å². The molecule has 0 spiro atoms. The zero-order valence-corrected chi connectivity index (χ0v) is 33.2. The number of carbonyl (C=O) groups is 2. The Morgan fingerprint density at radius 3 is 1.24 bits per heavy atom. The van der Waals surface area contributed by atoms with Gasteiger partial charge in [-0.2, -0.15) is 0 Å². The Bertz CT molecular complexity index is 2210. The van der Waals surface area contributed by atoms with Gasteiger partial charge in [-0.15, -0.1) is 0 Å². The van der Waals surface area contributed by atoms with Gasteiger partial charge in [0.05, 0.1) is 11.3 Å². The molecule has 278 valence electrons. The molecular formula is C47H44O6S2+2. The molecule has 6 aromatic rings. The highest BCUT2D eigenvalue weighted by Crippen LogP contribution is 2.48. The van der Waals surface area contributed by atoms with E-state index in [2.05, 4.69) is 24.3 Å². The first-order chi connectivity index (χ1) is 26.7. The van der Waals surface area contributed by atoms with Crippen molar-refractivity contribution >= 4 is 33.7 Å². The number of carbonyl (C=O) groups excluding carboxylic acids is 2. The Kier molecular flexibility index (Phi) is 11.4. The van der Waals surface area contributed by atoms with Gasteiger partial charge in [0.25, 0.3) is 0 Å². The molecule has 2 heterocycles. The first kappa shape index (κ1) is 37.9. The molecule has 0 aliphatic carbocycles. The highest BCUT2D eigenvalue weighted by molar-refractivity contribution is 7.97. The molecule has 0 saturated heterocycles. The van der Waals surface area contributed by atoms with E-state index >= 15 is 0 Å². The van der Waals surface area contributed by atoms with Crippen LogP contribution in [-0.4, -0.2) is 11.9 Å². The van der Waals surface area contributed by atoms with Gasteiger partial charge in [-0.05, 0) is 124 Å². The lowest BCUT2D eigenvalue weighted by atomic mass is 9.91. The third-order valence-corrected chi connectivity index (χ3v) is 14.3. The maximum Gasteiger partial charge on any atom is 0.316 e. The van der Waals surface area contributed by atoms with Crippen molar-refractivity contribution in [2.24, 2.45) is 11.3 Å². The molecule has 2 aliphatic heterocycles. The van der Waals surface area contributed by atoms with E-state index < -0.39 is 5.41 Å². The first-order valence-electron chi connectivity index (χ1n) is 18.5. The van der Waals surface area contributed by atoms with Crippen molar-refractivity contribution < 1.29 is 28.5 Å². The van der Waals surface area contributed by atoms with Gasteiger partial charge in [-0.3, -0.25) is 9.59 Å². The molecule has 0 N–H and O–H groups in total. The van der Waals surface area contributed by atoms with Gasteiger partial charge < -0.3 is 18.9 Å². The molecule has 0 fully saturated rings. The average Bonchev–Trinajstić information content (AvgIpc) is 3.22. The molecule has 0 amide bonds. The molecular weight excluding hydrogens is 725 g/mol. The van der Waals surface area contributed by atoms with E-state index in [1.165, 1.54) is 14.7 Å². The minimum Gasteiger partial charge on any atom is -0.447 e. The molecule has 6 nitrogen and oxygen atoms in total. The topological polar surface area (TPSA) is 71.1 Å². The molecule has 1 unspecified atom stereocenters. The summed E-state index contributed by atoms with van der Waals surface area (Å²) < 4.78 is 23.3.